The maximum absolute atomic E-state index is 4.68. The zero-order valence-corrected chi connectivity index (χ0v) is 10.7. The summed E-state index contributed by atoms with van der Waals surface area (Å²) in [5, 5.41) is 3.41. The van der Waals surface area contributed by atoms with E-state index in [9.17, 15) is 0 Å². The molecule has 3 heterocycles. The number of pyridine rings is 1. The molecule has 0 bridgehead atoms. The third-order valence-corrected chi connectivity index (χ3v) is 3.71. The Morgan fingerprint density at radius 1 is 1.26 bits per heavy atom. The Bertz CT molecular complexity index is 773. The molecule has 1 aliphatic heterocycles. The van der Waals surface area contributed by atoms with Crippen LogP contribution < -0.4 is 5.32 Å². The zero-order chi connectivity index (χ0) is 12.8. The zero-order valence-electron chi connectivity index (χ0n) is 10.7. The Hall–Kier alpha value is -2.36. The first kappa shape index (κ1) is 10.6. The smallest absolute Gasteiger partial charge is 0.159 e. The first-order valence-electron chi connectivity index (χ1n) is 6.47. The summed E-state index contributed by atoms with van der Waals surface area (Å²) >= 11 is 0. The largest absolute Gasteiger partial charge is 0.384 e. The van der Waals surface area contributed by atoms with E-state index in [0.29, 0.717) is 0 Å². The van der Waals surface area contributed by atoms with Crippen LogP contribution in [-0.4, -0.2) is 21.1 Å². The fraction of sp³-hybridized carbons (Fsp3) is 0.200. The summed E-state index contributed by atoms with van der Waals surface area (Å²) in [6, 6.07) is 10.4. The summed E-state index contributed by atoms with van der Waals surface area (Å²) in [7, 11) is 2.01. The van der Waals surface area contributed by atoms with Crippen molar-refractivity contribution in [2.75, 3.05) is 11.9 Å². The van der Waals surface area contributed by atoms with Crippen LogP contribution in [0.5, 0.6) is 0 Å². The van der Waals surface area contributed by atoms with E-state index >= 15 is 0 Å². The number of anilines is 1. The van der Waals surface area contributed by atoms with E-state index in [1.807, 2.05) is 23.7 Å². The molecule has 0 spiro atoms. The summed E-state index contributed by atoms with van der Waals surface area (Å²) in [6.07, 6.45) is 2.91. The minimum Gasteiger partial charge on any atom is -0.384 e. The summed E-state index contributed by atoms with van der Waals surface area (Å²) in [6.45, 7) is 1.03. The topological polar surface area (TPSA) is 42.7 Å². The van der Waals surface area contributed by atoms with Gasteiger partial charge >= 0.3 is 0 Å². The molecule has 0 fully saturated rings. The number of aromatic nitrogens is 3. The second kappa shape index (κ2) is 3.82. The lowest BCUT2D eigenvalue weighted by atomic mass is 10.1. The van der Waals surface area contributed by atoms with Crippen LogP contribution in [0.2, 0.25) is 0 Å². The summed E-state index contributed by atoms with van der Waals surface area (Å²) in [4.78, 5) is 9.06. The van der Waals surface area contributed by atoms with Crippen LogP contribution in [-0.2, 0) is 13.5 Å². The molecule has 4 nitrogen and oxygen atoms in total. The molecule has 0 saturated carbocycles. The second-order valence-electron chi connectivity index (χ2n) is 4.89. The van der Waals surface area contributed by atoms with Crippen molar-refractivity contribution >= 4 is 16.9 Å². The van der Waals surface area contributed by atoms with Crippen molar-refractivity contribution in [2.24, 2.45) is 7.05 Å². The second-order valence-corrected chi connectivity index (χ2v) is 4.89. The van der Waals surface area contributed by atoms with E-state index in [0.717, 1.165) is 35.5 Å². The van der Waals surface area contributed by atoms with Crippen molar-refractivity contribution < 1.29 is 0 Å². The highest BCUT2D eigenvalue weighted by Crippen LogP contribution is 2.29. The fourth-order valence-corrected chi connectivity index (χ4v) is 2.71. The number of nitrogens with one attached hydrogen (secondary N) is 1. The maximum Gasteiger partial charge on any atom is 0.159 e. The molecule has 19 heavy (non-hydrogen) atoms. The molecule has 94 valence electrons. The number of nitrogens with zero attached hydrogens (tertiary/aromatic N) is 3. The van der Waals surface area contributed by atoms with Gasteiger partial charge in [0.25, 0.3) is 0 Å². The minimum atomic E-state index is 0.922. The molecule has 1 aliphatic rings. The van der Waals surface area contributed by atoms with Crippen molar-refractivity contribution in [1.29, 1.82) is 0 Å². The molecule has 0 aliphatic carbocycles. The Kier molecular flexibility index (Phi) is 2.12. The predicted octanol–water partition coefficient (Wildman–Crippen LogP) is 2.60. The van der Waals surface area contributed by atoms with Crippen LogP contribution in [0.15, 0.2) is 36.5 Å². The third kappa shape index (κ3) is 1.53. The van der Waals surface area contributed by atoms with Crippen molar-refractivity contribution in [2.45, 2.75) is 6.42 Å². The highest BCUT2D eigenvalue weighted by Gasteiger charge is 2.14. The van der Waals surface area contributed by atoms with Gasteiger partial charge in [-0.25, -0.2) is 9.97 Å². The highest BCUT2D eigenvalue weighted by atomic mass is 15.1. The SMILES string of the molecule is Cn1c(-c2ccc3c(c2)NCC3)nc2cccnc21. The Labute approximate surface area is 111 Å². The highest BCUT2D eigenvalue weighted by molar-refractivity contribution is 5.78. The van der Waals surface area contributed by atoms with Gasteiger partial charge in [-0.3, -0.25) is 0 Å². The Balaban J connectivity index is 1.92. The first-order valence-corrected chi connectivity index (χ1v) is 6.47. The average molecular weight is 250 g/mol. The van der Waals surface area contributed by atoms with E-state index in [1.54, 1.807) is 6.20 Å². The molecule has 4 heteroatoms. The molecule has 0 radical (unpaired) electrons. The van der Waals surface area contributed by atoms with Crippen LogP contribution in [0.1, 0.15) is 5.56 Å². The quantitative estimate of drug-likeness (QED) is 0.722. The van der Waals surface area contributed by atoms with Gasteiger partial charge in [-0.05, 0) is 30.2 Å². The van der Waals surface area contributed by atoms with Gasteiger partial charge in [0.1, 0.15) is 11.3 Å². The molecule has 0 amide bonds. The van der Waals surface area contributed by atoms with E-state index in [2.05, 4.69) is 33.5 Å². The molecule has 3 aromatic rings. The lowest BCUT2D eigenvalue weighted by Crippen LogP contribution is -1.95. The molecule has 0 atom stereocenters. The van der Waals surface area contributed by atoms with Gasteiger partial charge in [0, 0.05) is 31.0 Å². The summed E-state index contributed by atoms with van der Waals surface area (Å²) < 4.78 is 2.05. The van der Waals surface area contributed by atoms with Gasteiger partial charge in [-0.15, -0.1) is 0 Å². The van der Waals surface area contributed by atoms with Crippen LogP contribution in [0.25, 0.3) is 22.6 Å². The third-order valence-electron chi connectivity index (χ3n) is 3.71. The number of aryl methyl sites for hydroxylation is 1. The van der Waals surface area contributed by atoms with Gasteiger partial charge in [0.2, 0.25) is 0 Å². The molecule has 1 aromatic carbocycles. The van der Waals surface area contributed by atoms with E-state index in [1.165, 1.54) is 11.3 Å². The average Bonchev–Trinajstić information content (AvgIpc) is 3.03. The molecule has 2 aromatic heterocycles. The van der Waals surface area contributed by atoms with Gasteiger partial charge in [0.05, 0.1) is 0 Å². The Morgan fingerprint density at radius 3 is 3.11 bits per heavy atom. The van der Waals surface area contributed by atoms with E-state index < -0.39 is 0 Å². The standard InChI is InChI=1S/C15H14N4/c1-19-14(18-12-3-2-7-17-15(12)19)11-5-4-10-6-8-16-13(10)9-11/h2-5,7,9,16H,6,8H2,1H3. The van der Waals surface area contributed by atoms with Gasteiger partial charge in [-0.1, -0.05) is 12.1 Å². The van der Waals surface area contributed by atoms with Gasteiger partial charge in [0.15, 0.2) is 5.65 Å². The van der Waals surface area contributed by atoms with Crippen molar-refractivity contribution in [3.63, 3.8) is 0 Å². The Morgan fingerprint density at radius 2 is 2.21 bits per heavy atom. The molecule has 1 N–H and O–H groups in total. The summed E-state index contributed by atoms with van der Waals surface area (Å²) in [5.41, 5.74) is 5.62. The van der Waals surface area contributed by atoms with Crippen LogP contribution >= 0.6 is 0 Å². The monoisotopic (exact) mass is 250 g/mol. The minimum absolute atomic E-state index is 0.922. The lowest BCUT2D eigenvalue weighted by molar-refractivity contribution is 0.942. The molecular formula is C15H14N4. The van der Waals surface area contributed by atoms with Crippen molar-refractivity contribution in [3.8, 4) is 11.4 Å². The predicted molar refractivity (Wildman–Crippen MR) is 76.1 cm³/mol. The van der Waals surface area contributed by atoms with E-state index in [4.69, 9.17) is 0 Å². The van der Waals surface area contributed by atoms with Crippen molar-refractivity contribution in [3.05, 3.63) is 42.1 Å². The van der Waals surface area contributed by atoms with Crippen LogP contribution in [0.4, 0.5) is 5.69 Å². The van der Waals surface area contributed by atoms with Crippen LogP contribution in [0.3, 0.4) is 0 Å². The number of hydrogen-bond acceptors (Lipinski definition) is 3. The molecule has 0 unspecified atom stereocenters. The number of fused-ring (bicyclic) bond motifs is 2. The maximum atomic E-state index is 4.68. The van der Waals surface area contributed by atoms with Gasteiger partial charge < -0.3 is 9.88 Å². The molecular weight excluding hydrogens is 236 g/mol. The van der Waals surface area contributed by atoms with Gasteiger partial charge in [-0.2, -0.15) is 0 Å². The fourth-order valence-electron chi connectivity index (χ4n) is 2.71. The normalized spacial score (nSPS) is 13.5. The van der Waals surface area contributed by atoms with Crippen molar-refractivity contribution in [1.82, 2.24) is 14.5 Å². The first-order chi connectivity index (χ1) is 9.33. The number of hydrogen-bond donors (Lipinski definition) is 1. The molecule has 0 saturated heterocycles. The lowest BCUT2D eigenvalue weighted by Gasteiger charge is -2.05. The number of imidazole rings is 1. The summed E-state index contributed by atoms with van der Waals surface area (Å²) in [5.74, 6) is 0.963. The van der Waals surface area contributed by atoms with Crippen LogP contribution in [0, 0.1) is 0 Å². The number of benzene rings is 1. The number of rotatable bonds is 1. The van der Waals surface area contributed by atoms with E-state index in [-0.39, 0.29) is 0 Å². The molecule has 4 rings (SSSR count).